The summed E-state index contributed by atoms with van der Waals surface area (Å²) in [4.78, 5) is 10.2. The van der Waals surface area contributed by atoms with Gasteiger partial charge in [-0.05, 0) is 11.6 Å². The Kier molecular flexibility index (Phi) is 3.57. The Bertz CT molecular complexity index is 660. The van der Waals surface area contributed by atoms with Crippen molar-refractivity contribution in [2.45, 2.75) is 6.61 Å². The maximum absolute atomic E-state index is 10.8. The molecule has 10 nitrogen and oxygen atoms in total. The summed E-state index contributed by atoms with van der Waals surface area (Å²) in [6.07, 6.45) is 0. The highest BCUT2D eigenvalue weighted by atomic mass is 16.6. The summed E-state index contributed by atoms with van der Waals surface area (Å²) in [6.45, 7) is -0.347. The van der Waals surface area contributed by atoms with Crippen LogP contribution in [0.4, 0.5) is 28.7 Å². The van der Waals surface area contributed by atoms with Crippen molar-refractivity contribution in [3.63, 3.8) is 0 Å². The quantitative estimate of drug-likeness (QED) is 0.373. The third-order valence-electron chi connectivity index (χ3n) is 2.42. The molecule has 1 aromatic heterocycles. The average Bonchev–Trinajstić information content (AvgIpc) is 2.75. The lowest BCUT2D eigenvalue weighted by Crippen LogP contribution is -1.90. The van der Waals surface area contributed by atoms with Crippen LogP contribution in [0.1, 0.15) is 5.56 Å². The number of azo groups is 1. The molecule has 1 aromatic carbocycles. The molecule has 0 unspecified atom stereocenters. The number of aliphatic hydroxyl groups is 1. The first kappa shape index (κ1) is 13.4. The van der Waals surface area contributed by atoms with Gasteiger partial charge < -0.3 is 16.6 Å². The molecule has 104 valence electrons. The first-order valence-corrected chi connectivity index (χ1v) is 5.41. The van der Waals surface area contributed by atoms with Crippen LogP contribution in [0.25, 0.3) is 0 Å². The fraction of sp³-hybridized carbons (Fsp3) is 0.100. The molecule has 2 aromatic rings. The molecule has 0 aliphatic rings. The largest absolute Gasteiger partial charge is 0.392 e. The van der Waals surface area contributed by atoms with Crippen LogP contribution in [0.15, 0.2) is 28.4 Å². The Hall–Kier alpha value is -3.01. The van der Waals surface area contributed by atoms with Gasteiger partial charge in [-0.1, -0.05) is 0 Å². The van der Waals surface area contributed by atoms with Crippen LogP contribution in [0.2, 0.25) is 0 Å². The van der Waals surface area contributed by atoms with Crippen molar-refractivity contribution in [3.05, 3.63) is 33.9 Å². The third kappa shape index (κ3) is 2.70. The van der Waals surface area contributed by atoms with Crippen LogP contribution in [-0.2, 0) is 6.61 Å². The smallest absolute Gasteiger partial charge is 0.272 e. The Labute approximate surface area is 112 Å². The van der Waals surface area contributed by atoms with Crippen molar-refractivity contribution in [2.24, 2.45) is 10.2 Å². The van der Waals surface area contributed by atoms with Crippen molar-refractivity contribution >= 4 is 28.7 Å². The number of nitrogens with two attached hydrogens (primary N) is 2. The summed E-state index contributed by atoms with van der Waals surface area (Å²) in [5.74, 6) is 0.207. The number of aliphatic hydroxyl groups excluding tert-OH is 1. The minimum Gasteiger partial charge on any atom is -0.392 e. The number of benzene rings is 1. The monoisotopic (exact) mass is 277 g/mol. The molecule has 1 heterocycles. The van der Waals surface area contributed by atoms with Crippen LogP contribution in [-0.4, -0.2) is 20.2 Å². The number of H-pyrrole nitrogens is 1. The lowest BCUT2D eigenvalue weighted by molar-refractivity contribution is -0.384. The second-order valence-corrected chi connectivity index (χ2v) is 3.84. The molecule has 0 bridgehead atoms. The van der Waals surface area contributed by atoms with Gasteiger partial charge in [0.1, 0.15) is 5.82 Å². The lowest BCUT2D eigenvalue weighted by Gasteiger charge is -1.99. The molecule has 10 heteroatoms. The minimum atomic E-state index is -0.585. The predicted molar refractivity (Wildman–Crippen MR) is 70.6 cm³/mol. The van der Waals surface area contributed by atoms with Gasteiger partial charge >= 0.3 is 0 Å². The Morgan fingerprint density at radius 2 is 2.10 bits per heavy atom. The van der Waals surface area contributed by atoms with Crippen molar-refractivity contribution in [1.82, 2.24) is 10.2 Å². The molecule has 0 atom stereocenters. The molecule has 2 rings (SSSR count). The molecule has 0 spiro atoms. The van der Waals surface area contributed by atoms with E-state index in [1.807, 2.05) is 0 Å². The van der Waals surface area contributed by atoms with Gasteiger partial charge in [0.2, 0.25) is 0 Å². The molecule has 6 N–H and O–H groups in total. The number of non-ortho nitro benzene ring substituents is 1. The standard InChI is InChI=1S/C10H11N7O3/c11-9-8(10(12)16-15-9)14-13-6-1-5(4-18)2-7(3-6)17(19)20/h1-3,18H,4H2,(H5,11,12,15,16). The number of nitro groups is 1. The highest BCUT2D eigenvalue weighted by Crippen LogP contribution is 2.29. The third-order valence-corrected chi connectivity index (χ3v) is 2.42. The van der Waals surface area contributed by atoms with E-state index in [1.54, 1.807) is 0 Å². The van der Waals surface area contributed by atoms with Crippen LogP contribution in [0, 0.1) is 10.1 Å². The maximum atomic E-state index is 10.8. The molecule has 0 saturated carbocycles. The number of hydrogen-bond acceptors (Lipinski definition) is 8. The second kappa shape index (κ2) is 5.32. The van der Waals surface area contributed by atoms with Crippen molar-refractivity contribution in [2.75, 3.05) is 11.5 Å². The maximum Gasteiger partial charge on any atom is 0.272 e. The summed E-state index contributed by atoms with van der Waals surface area (Å²) in [7, 11) is 0. The zero-order chi connectivity index (χ0) is 14.7. The Morgan fingerprint density at radius 3 is 2.65 bits per heavy atom. The van der Waals surface area contributed by atoms with Crippen LogP contribution >= 0.6 is 0 Å². The minimum absolute atomic E-state index is 0.0686. The highest BCUT2D eigenvalue weighted by Gasteiger charge is 2.10. The Morgan fingerprint density at radius 1 is 1.35 bits per heavy atom. The fourth-order valence-corrected chi connectivity index (χ4v) is 1.49. The van der Waals surface area contributed by atoms with Crippen molar-refractivity contribution in [3.8, 4) is 0 Å². The van der Waals surface area contributed by atoms with Gasteiger partial charge in [0, 0.05) is 12.1 Å². The fourth-order valence-electron chi connectivity index (χ4n) is 1.49. The lowest BCUT2D eigenvalue weighted by atomic mass is 10.2. The van der Waals surface area contributed by atoms with Crippen LogP contribution in [0.5, 0.6) is 0 Å². The zero-order valence-electron chi connectivity index (χ0n) is 10.1. The van der Waals surface area contributed by atoms with E-state index < -0.39 is 4.92 Å². The van der Waals surface area contributed by atoms with E-state index in [0.29, 0.717) is 5.56 Å². The Balaban J connectivity index is 2.38. The number of nitrogens with one attached hydrogen (secondary N) is 1. The average molecular weight is 277 g/mol. The summed E-state index contributed by atoms with van der Waals surface area (Å²) >= 11 is 0. The van der Waals surface area contributed by atoms with Gasteiger partial charge in [-0.3, -0.25) is 15.2 Å². The normalized spacial score (nSPS) is 11.1. The van der Waals surface area contributed by atoms with Gasteiger partial charge in [0.25, 0.3) is 5.69 Å². The van der Waals surface area contributed by atoms with E-state index in [4.69, 9.17) is 16.6 Å². The molecule has 0 aliphatic heterocycles. The van der Waals surface area contributed by atoms with E-state index in [-0.39, 0.29) is 35.3 Å². The summed E-state index contributed by atoms with van der Waals surface area (Å²) in [6, 6.07) is 3.93. The zero-order valence-corrected chi connectivity index (χ0v) is 10.1. The molecular formula is C10H11N7O3. The van der Waals surface area contributed by atoms with Gasteiger partial charge in [0.05, 0.1) is 17.2 Å². The number of nitrogen functional groups attached to an aromatic ring is 2. The highest BCUT2D eigenvalue weighted by molar-refractivity contribution is 5.70. The van der Waals surface area contributed by atoms with E-state index in [2.05, 4.69) is 20.4 Å². The molecule has 20 heavy (non-hydrogen) atoms. The van der Waals surface area contributed by atoms with E-state index in [0.717, 1.165) is 0 Å². The molecule has 0 amide bonds. The number of nitro benzene ring substituents is 1. The number of rotatable bonds is 4. The molecular weight excluding hydrogens is 266 g/mol. The number of aromatic nitrogens is 2. The first-order valence-electron chi connectivity index (χ1n) is 5.41. The molecule has 0 radical (unpaired) electrons. The molecule has 0 fully saturated rings. The number of aromatic amines is 1. The van der Waals surface area contributed by atoms with Gasteiger partial charge in [-0.15, -0.1) is 5.11 Å². The number of hydrogen-bond donors (Lipinski definition) is 4. The predicted octanol–water partition coefficient (Wildman–Crippen LogP) is 1.39. The van der Waals surface area contributed by atoms with Gasteiger partial charge in [0.15, 0.2) is 11.5 Å². The van der Waals surface area contributed by atoms with Gasteiger partial charge in [-0.2, -0.15) is 10.2 Å². The van der Waals surface area contributed by atoms with Gasteiger partial charge in [-0.25, -0.2) is 0 Å². The summed E-state index contributed by atoms with van der Waals surface area (Å²) in [5, 5.41) is 33.5. The van der Waals surface area contributed by atoms with Crippen molar-refractivity contribution < 1.29 is 10.0 Å². The summed E-state index contributed by atoms with van der Waals surface area (Å²) in [5.41, 5.74) is 11.6. The molecule has 0 aliphatic carbocycles. The van der Waals surface area contributed by atoms with E-state index in [9.17, 15) is 10.1 Å². The molecule has 0 saturated heterocycles. The second-order valence-electron chi connectivity index (χ2n) is 3.84. The van der Waals surface area contributed by atoms with E-state index >= 15 is 0 Å². The van der Waals surface area contributed by atoms with Crippen LogP contribution in [0.3, 0.4) is 0 Å². The van der Waals surface area contributed by atoms with Crippen molar-refractivity contribution in [1.29, 1.82) is 0 Å². The topological polar surface area (TPSA) is 169 Å². The number of nitrogens with zero attached hydrogens (tertiary/aromatic N) is 4. The number of anilines is 2. The van der Waals surface area contributed by atoms with Crippen LogP contribution < -0.4 is 11.5 Å². The van der Waals surface area contributed by atoms with E-state index in [1.165, 1.54) is 18.2 Å². The first-order chi connectivity index (χ1) is 9.51. The SMILES string of the molecule is Nc1n[nH]c(N)c1N=Nc1cc(CO)cc([N+](=O)[O-])c1. The summed E-state index contributed by atoms with van der Waals surface area (Å²) < 4.78 is 0.